The molecule has 0 bridgehead atoms. The Labute approximate surface area is 157 Å². The van der Waals surface area contributed by atoms with Gasteiger partial charge in [0.15, 0.2) is 0 Å². The van der Waals surface area contributed by atoms with Crippen LogP contribution in [-0.2, 0) is 9.84 Å². The lowest BCUT2D eigenvalue weighted by Gasteiger charge is -2.16. The molecule has 2 atom stereocenters. The molecule has 4 rings (SSSR count). The van der Waals surface area contributed by atoms with Gasteiger partial charge in [-0.25, -0.2) is 8.42 Å². The van der Waals surface area contributed by atoms with Crippen molar-refractivity contribution in [1.29, 1.82) is 0 Å². The zero-order valence-electron chi connectivity index (χ0n) is 13.4. The minimum atomic E-state index is -3.55. The van der Waals surface area contributed by atoms with Gasteiger partial charge in [0.1, 0.15) is 4.21 Å². The minimum absolute atomic E-state index is 0. The van der Waals surface area contributed by atoms with Gasteiger partial charge in [0.25, 0.3) is 5.91 Å². The predicted molar refractivity (Wildman–Crippen MR) is 99.2 cm³/mol. The topological polar surface area (TPSA) is 66.5 Å². The second-order valence-electron chi connectivity index (χ2n) is 6.32. The molecule has 1 N–H and O–H groups in total. The van der Waals surface area contributed by atoms with E-state index in [2.05, 4.69) is 5.32 Å². The number of carbonyl (C=O) groups is 1. The summed E-state index contributed by atoms with van der Waals surface area (Å²) in [6.45, 7) is 3.45. The Morgan fingerprint density at radius 1 is 1.04 bits per heavy atom. The number of hydrogen-bond donors (Lipinski definition) is 1. The zero-order valence-corrected chi connectivity index (χ0v) is 15.9. The summed E-state index contributed by atoms with van der Waals surface area (Å²) in [7, 11) is -3.55. The first-order valence-electron chi connectivity index (χ1n) is 7.95. The molecule has 2 aliphatic heterocycles. The Kier molecular flexibility index (Phi) is 5.20. The van der Waals surface area contributed by atoms with Crippen LogP contribution in [0.15, 0.2) is 51.6 Å². The lowest BCUT2D eigenvalue weighted by molar-refractivity contribution is 0.0786. The molecule has 1 amide bonds. The maximum Gasteiger partial charge on any atom is 0.263 e. The van der Waals surface area contributed by atoms with Crippen LogP contribution in [0.2, 0.25) is 0 Å². The van der Waals surface area contributed by atoms with Crippen molar-refractivity contribution >= 4 is 39.5 Å². The molecule has 0 radical (unpaired) electrons. The molecule has 2 aromatic rings. The second-order valence-corrected chi connectivity index (χ2v) is 9.58. The highest BCUT2D eigenvalue weighted by atomic mass is 35.5. The maximum absolute atomic E-state index is 12.7. The van der Waals surface area contributed by atoms with Crippen LogP contribution in [0.25, 0.3) is 0 Å². The van der Waals surface area contributed by atoms with E-state index >= 15 is 0 Å². The van der Waals surface area contributed by atoms with E-state index in [-0.39, 0.29) is 27.4 Å². The Morgan fingerprint density at radius 2 is 1.68 bits per heavy atom. The van der Waals surface area contributed by atoms with Gasteiger partial charge < -0.3 is 10.2 Å². The molecule has 2 fully saturated rings. The monoisotopic (exact) mass is 398 g/mol. The number of nitrogens with one attached hydrogen (secondary N) is 1. The van der Waals surface area contributed by atoms with Gasteiger partial charge in [-0.05, 0) is 36.1 Å². The summed E-state index contributed by atoms with van der Waals surface area (Å²) in [6.07, 6.45) is 0. The molecule has 5 nitrogen and oxygen atoms in total. The molecule has 0 spiro atoms. The van der Waals surface area contributed by atoms with Crippen LogP contribution >= 0.6 is 23.7 Å². The van der Waals surface area contributed by atoms with Crippen LogP contribution < -0.4 is 5.32 Å². The fraction of sp³-hybridized carbons (Fsp3) is 0.353. The molecular formula is C17H19ClN2O3S2. The summed E-state index contributed by atoms with van der Waals surface area (Å²) < 4.78 is 25.5. The van der Waals surface area contributed by atoms with E-state index < -0.39 is 9.84 Å². The summed E-state index contributed by atoms with van der Waals surface area (Å²) in [6, 6.07) is 11.5. The van der Waals surface area contributed by atoms with E-state index in [0.717, 1.165) is 37.5 Å². The normalized spacial score (nSPS) is 22.5. The average Bonchev–Trinajstić information content (AvgIpc) is 3.30. The molecule has 0 unspecified atom stereocenters. The maximum atomic E-state index is 12.7. The van der Waals surface area contributed by atoms with Crippen LogP contribution in [0, 0.1) is 11.8 Å². The van der Waals surface area contributed by atoms with Crippen molar-refractivity contribution in [3.8, 4) is 0 Å². The lowest BCUT2D eigenvalue weighted by atomic mass is 10.0. The first-order chi connectivity index (χ1) is 11.6. The summed E-state index contributed by atoms with van der Waals surface area (Å²) >= 11 is 1.06. The molecule has 134 valence electrons. The molecule has 0 aliphatic carbocycles. The predicted octanol–water partition coefficient (Wildman–Crippen LogP) is 2.29. The molecule has 25 heavy (non-hydrogen) atoms. The van der Waals surface area contributed by atoms with Gasteiger partial charge in [0.2, 0.25) is 9.84 Å². The van der Waals surface area contributed by atoms with Gasteiger partial charge in [0.05, 0.1) is 9.77 Å². The fourth-order valence-corrected chi connectivity index (χ4v) is 6.17. The summed E-state index contributed by atoms with van der Waals surface area (Å²) in [5.74, 6) is 1.01. The van der Waals surface area contributed by atoms with Crippen molar-refractivity contribution in [2.45, 2.75) is 9.10 Å². The standard InChI is InChI=1S/C17H18N2O3S2.ClH/c20-17(19-10-12-8-18-9-13(12)11-19)15-6-7-16(23-15)24(21,22)14-4-2-1-3-5-14;/h1-7,12-13,18H,8-11H2;1H/t12-,13+;. The van der Waals surface area contributed by atoms with Crippen molar-refractivity contribution in [1.82, 2.24) is 10.2 Å². The van der Waals surface area contributed by atoms with Crippen molar-refractivity contribution in [3.05, 3.63) is 47.3 Å². The summed E-state index contributed by atoms with van der Waals surface area (Å²) in [4.78, 5) is 15.3. The first kappa shape index (κ1) is 18.4. The van der Waals surface area contributed by atoms with Gasteiger partial charge in [-0.2, -0.15) is 0 Å². The Balaban J connectivity index is 0.00000182. The molecule has 1 aromatic carbocycles. The van der Waals surface area contributed by atoms with Crippen molar-refractivity contribution < 1.29 is 13.2 Å². The Bertz CT molecular complexity index is 855. The van der Waals surface area contributed by atoms with E-state index in [4.69, 9.17) is 0 Å². The van der Waals surface area contributed by atoms with Gasteiger partial charge in [0, 0.05) is 26.2 Å². The summed E-state index contributed by atoms with van der Waals surface area (Å²) in [5.41, 5.74) is 0. The highest BCUT2D eigenvalue weighted by molar-refractivity contribution is 7.93. The average molecular weight is 399 g/mol. The van der Waals surface area contributed by atoms with E-state index in [9.17, 15) is 13.2 Å². The molecular weight excluding hydrogens is 380 g/mol. The van der Waals surface area contributed by atoms with Crippen LogP contribution in [0.5, 0.6) is 0 Å². The van der Waals surface area contributed by atoms with Crippen LogP contribution in [0.4, 0.5) is 0 Å². The third-order valence-electron chi connectivity index (χ3n) is 4.79. The summed E-state index contributed by atoms with van der Waals surface area (Å²) in [5, 5.41) is 3.35. The fourth-order valence-electron chi connectivity index (χ4n) is 3.47. The number of nitrogens with zero attached hydrogens (tertiary/aromatic N) is 1. The van der Waals surface area contributed by atoms with Crippen LogP contribution in [-0.4, -0.2) is 45.4 Å². The van der Waals surface area contributed by atoms with Crippen molar-refractivity contribution in [2.75, 3.05) is 26.2 Å². The van der Waals surface area contributed by atoms with Gasteiger partial charge >= 0.3 is 0 Å². The van der Waals surface area contributed by atoms with Crippen molar-refractivity contribution in [3.63, 3.8) is 0 Å². The van der Waals surface area contributed by atoms with Gasteiger partial charge in [-0.3, -0.25) is 4.79 Å². The molecule has 8 heteroatoms. The second kappa shape index (κ2) is 7.07. The largest absolute Gasteiger partial charge is 0.337 e. The number of thiophene rings is 1. The van der Waals surface area contributed by atoms with Crippen LogP contribution in [0.3, 0.4) is 0 Å². The number of carbonyl (C=O) groups excluding carboxylic acids is 1. The molecule has 2 saturated heterocycles. The van der Waals surface area contributed by atoms with E-state index in [1.165, 1.54) is 0 Å². The number of fused-ring (bicyclic) bond motifs is 1. The smallest absolute Gasteiger partial charge is 0.263 e. The third-order valence-corrected chi connectivity index (χ3v) is 8.12. The van der Waals surface area contributed by atoms with E-state index in [0.29, 0.717) is 16.7 Å². The number of likely N-dealkylation sites (tertiary alicyclic amines) is 1. The number of amides is 1. The molecule has 0 saturated carbocycles. The van der Waals surface area contributed by atoms with Crippen molar-refractivity contribution in [2.24, 2.45) is 11.8 Å². The van der Waals surface area contributed by atoms with Crippen LogP contribution in [0.1, 0.15) is 9.67 Å². The number of rotatable bonds is 3. The number of halogens is 1. The zero-order chi connectivity index (χ0) is 16.7. The molecule has 2 aliphatic rings. The van der Waals surface area contributed by atoms with E-state index in [1.54, 1.807) is 42.5 Å². The third kappa shape index (κ3) is 3.33. The van der Waals surface area contributed by atoms with Gasteiger partial charge in [-0.15, -0.1) is 23.7 Å². The highest BCUT2D eigenvalue weighted by Gasteiger charge is 2.38. The first-order valence-corrected chi connectivity index (χ1v) is 10.3. The minimum Gasteiger partial charge on any atom is -0.337 e. The number of hydrogen-bond acceptors (Lipinski definition) is 5. The Hall–Kier alpha value is -1.41. The SMILES string of the molecule is Cl.O=C(c1ccc(S(=O)(=O)c2ccccc2)s1)N1C[C@H]2CNC[C@H]2C1. The molecule has 1 aromatic heterocycles. The Morgan fingerprint density at radius 3 is 2.32 bits per heavy atom. The molecule has 3 heterocycles. The highest BCUT2D eigenvalue weighted by Crippen LogP contribution is 2.31. The van der Waals surface area contributed by atoms with E-state index in [1.807, 2.05) is 4.90 Å². The quantitative estimate of drug-likeness (QED) is 0.861. The lowest BCUT2D eigenvalue weighted by Crippen LogP contribution is -2.31. The number of benzene rings is 1. The van der Waals surface area contributed by atoms with Gasteiger partial charge in [-0.1, -0.05) is 18.2 Å². The number of sulfone groups is 1.